The lowest BCUT2D eigenvalue weighted by atomic mass is 10.2. The summed E-state index contributed by atoms with van der Waals surface area (Å²) in [6.45, 7) is 10.7. The Balaban J connectivity index is 4.44. The summed E-state index contributed by atoms with van der Waals surface area (Å²) >= 11 is 0. The molecule has 0 aromatic carbocycles. The average molecular weight is 318 g/mol. The molecule has 0 saturated carbocycles. The van der Waals surface area contributed by atoms with E-state index in [9.17, 15) is 9.59 Å². The van der Waals surface area contributed by atoms with E-state index in [0.29, 0.717) is 13.2 Å². The second kappa shape index (κ2) is 10.8. The van der Waals surface area contributed by atoms with Crippen molar-refractivity contribution >= 4 is 20.3 Å². The molecule has 1 atom stereocenters. The van der Waals surface area contributed by atoms with Crippen molar-refractivity contribution in [3.05, 3.63) is 0 Å². The van der Waals surface area contributed by atoms with Crippen molar-refractivity contribution in [3.63, 3.8) is 0 Å². The third-order valence-electron chi connectivity index (χ3n) is 2.61. The van der Waals surface area contributed by atoms with Gasteiger partial charge in [-0.3, -0.25) is 4.79 Å². The van der Waals surface area contributed by atoms with E-state index in [0.717, 1.165) is 25.7 Å². The molecule has 0 amide bonds. The number of unbranched alkanes of at least 4 members (excludes halogenated alkanes) is 2. The molecule has 0 fully saturated rings. The molecule has 0 spiro atoms. The molecule has 0 aromatic heterocycles. The van der Waals surface area contributed by atoms with Gasteiger partial charge in [0.15, 0.2) is 14.4 Å². The Morgan fingerprint density at radius 1 is 0.952 bits per heavy atom. The van der Waals surface area contributed by atoms with Crippen LogP contribution in [0, 0.1) is 0 Å². The Morgan fingerprint density at radius 2 is 1.48 bits per heavy atom. The van der Waals surface area contributed by atoms with Crippen LogP contribution in [-0.2, 0) is 23.5 Å². The molecule has 0 aliphatic rings. The largest absolute Gasteiger partial charge is 0.466 e. The van der Waals surface area contributed by atoms with Gasteiger partial charge in [0.1, 0.15) is 0 Å². The highest BCUT2D eigenvalue weighted by Crippen LogP contribution is 2.13. The van der Waals surface area contributed by atoms with Crippen molar-refractivity contribution in [2.24, 2.45) is 0 Å². The second-order valence-electron chi connectivity index (χ2n) is 6.02. The topological polar surface area (TPSA) is 61.8 Å². The minimum atomic E-state index is -1.94. The van der Waals surface area contributed by atoms with Gasteiger partial charge in [-0.2, -0.15) is 0 Å². The van der Waals surface area contributed by atoms with Gasteiger partial charge in [-0.25, -0.2) is 4.79 Å². The minimum absolute atomic E-state index is 0.0705. The molecule has 0 saturated heterocycles. The van der Waals surface area contributed by atoms with Crippen molar-refractivity contribution < 1.29 is 23.5 Å². The fourth-order valence-corrected chi connectivity index (χ4v) is 2.58. The first-order chi connectivity index (χ1) is 9.80. The highest BCUT2D eigenvalue weighted by Gasteiger charge is 2.30. The molecule has 0 heterocycles. The molecule has 0 aliphatic heterocycles. The van der Waals surface area contributed by atoms with E-state index in [1.807, 2.05) is 33.5 Å². The standard InChI is InChI=1S/C15H30O5Si/c1-6-8-10-18-14(16)12-13(20-21(3,4)5)15(17)19-11-9-7-2/h13H,6-12H2,1-5H3. The fourth-order valence-electron chi connectivity index (χ4n) is 1.55. The van der Waals surface area contributed by atoms with E-state index >= 15 is 0 Å². The molecule has 0 radical (unpaired) electrons. The van der Waals surface area contributed by atoms with Gasteiger partial charge in [-0.1, -0.05) is 26.7 Å². The molecule has 5 nitrogen and oxygen atoms in total. The lowest BCUT2D eigenvalue weighted by Gasteiger charge is -2.24. The van der Waals surface area contributed by atoms with Gasteiger partial charge in [-0.05, 0) is 32.5 Å². The van der Waals surface area contributed by atoms with Crippen LogP contribution in [-0.4, -0.2) is 39.6 Å². The van der Waals surface area contributed by atoms with Gasteiger partial charge < -0.3 is 13.9 Å². The Hall–Kier alpha value is -0.883. The van der Waals surface area contributed by atoms with Crippen LogP contribution in [0.5, 0.6) is 0 Å². The zero-order valence-corrected chi connectivity index (χ0v) is 15.1. The number of rotatable bonds is 11. The highest BCUT2D eigenvalue weighted by molar-refractivity contribution is 6.69. The summed E-state index contributed by atoms with van der Waals surface area (Å²) in [6, 6.07) is 0. The van der Waals surface area contributed by atoms with Crippen molar-refractivity contribution in [3.8, 4) is 0 Å². The van der Waals surface area contributed by atoms with Crippen molar-refractivity contribution in [1.82, 2.24) is 0 Å². The number of carbonyl (C=O) groups excluding carboxylic acids is 2. The van der Waals surface area contributed by atoms with E-state index in [-0.39, 0.29) is 6.42 Å². The number of hydrogen-bond acceptors (Lipinski definition) is 5. The van der Waals surface area contributed by atoms with Gasteiger partial charge >= 0.3 is 11.9 Å². The Labute approximate surface area is 129 Å². The lowest BCUT2D eigenvalue weighted by Crippen LogP contribution is -2.39. The van der Waals surface area contributed by atoms with Crippen molar-refractivity contribution in [2.75, 3.05) is 13.2 Å². The first-order valence-corrected chi connectivity index (χ1v) is 11.2. The maximum absolute atomic E-state index is 12.0. The molecule has 124 valence electrons. The molecule has 0 N–H and O–H groups in total. The first kappa shape index (κ1) is 20.1. The van der Waals surface area contributed by atoms with Crippen LogP contribution in [0.25, 0.3) is 0 Å². The third kappa shape index (κ3) is 11.5. The summed E-state index contributed by atoms with van der Waals surface area (Å²) in [5.74, 6) is -0.863. The first-order valence-electron chi connectivity index (χ1n) is 7.80. The smallest absolute Gasteiger partial charge is 0.334 e. The number of ether oxygens (including phenoxy) is 2. The maximum atomic E-state index is 12.0. The van der Waals surface area contributed by atoms with Gasteiger partial charge in [0.25, 0.3) is 0 Å². The summed E-state index contributed by atoms with van der Waals surface area (Å²) in [6.07, 6.45) is 2.63. The summed E-state index contributed by atoms with van der Waals surface area (Å²) in [5, 5.41) is 0. The summed E-state index contributed by atoms with van der Waals surface area (Å²) in [7, 11) is -1.94. The van der Waals surface area contributed by atoms with Crippen LogP contribution in [0.1, 0.15) is 46.0 Å². The Bertz CT molecular complexity index is 312. The predicted octanol–water partition coefficient (Wildman–Crippen LogP) is 3.28. The SMILES string of the molecule is CCCCOC(=O)CC(O[Si](C)(C)C)C(=O)OCCCC. The molecule has 21 heavy (non-hydrogen) atoms. The molecule has 1 unspecified atom stereocenters. The van der Waals surface area contributed by atoms with E-state index < -0.39 is 26.4 Å². The Morgan fingerprint density at radius 3 is 1.95 bits per heavy atom. The van der Waals surface area contributed by atoms with E-state index in [1.54, 1.807) is 0 Å². The molecule has 0 aliphatic carbocycles. The second-order valence-corrected chi connectivity index (χ2v) is 10.5. The predicted molar refractivity (Wildman–Crippen MR) is 84.6 cm³/mol. The quantitative estimate of drug-likeness (QED) is 0.332. The molecule has 6 heteroatoms. The van der Waals surface area contributed by atoms with E-state index in [4.69, 9.17) is 13.9 Å². The molecule has 0 bridgehead atoms. The van der Waals surface area contributed by atoms with E-state index in [2.05, 4.69) is 0 Å². The monoisotopic (exact) mass is 318 g/mol. The molecule has 0 rings (SSSR count). The summed E-state index contributed by atoms with van der Waals surface area (Å²) in [4.78, 5) is 23.8. The summed E-state index contributed by atoms with van der Waals surface area (Å²) in [5.41, 5.74) is 0. The average Bonchev–Trinajstić information content (AvgIpc) is 2.37. The zero-order valence-electron chi connectivity index (χ0n) is 14.1. The van der Waals surface area contributed by atoms with Crippen LogP contribution in [0.3, 0.4) is 0 Å². The van der Waals surface area contributed by atoms with Crippen LogP contribution in [0.4, 0.5) is 0 Å². The minimum Gasteiger partial charge on any atom is -0.466 e. The summed E-state index contributed by atoms with van der Waals surface area (Å²) < 4.78 is 16.0. The van der Waals surface area contributed by atoms with Gasteiger partial charge in [0.05, 0.1) is 19.6 Å². The Kier molecular flexibility index (Phi) is 10.3. The molecule has 0 aromatic rings. The van der Waals surface area contributed by atoms with Crippen LogP contribution < -0.4 is 0 Å². The van der Waals surface area contributed by atoms with Crippen LogP contribution in [0.15, 0.2) is 0 Å². The number of esters is 2. The fraction of sp³-hybridized carbons (Fsp3) is 0.867. The lowest BCUT2D eigenvalue weighted by molar-refractivity contribution is -0.159. The number of carbonyl (C=O) groups is 2. The normalized spacial score (nSPS) is 12.8. The van der Waals surface area contributed by atoms with E-state index in [1.165, 1.54) is 0 Å². The number of hydrogen-bond donors (Lipinski definition) is 0. The van der Waals surface area contributed by atoms with Crippen LogP contribution in [0.2, 0.25) is 19.6 Å². The highest BCUT2D eigenvalue weighted by atomic mass is 28.4. The maximum Gasteiger partial charge on any atom is 0.334 e. The van der Waals surface area contributed by atoms with Gasteiger partial charge in [0, 0.05) is 0 Å². The van der Waals surface area contributed by atoms with Crippen molar-refractivity contribution in [2.45, 2.75) is 71.7 Å². The van der Waals surface area contributed by atoms with Gasteiger partial charge in [0.2, 0.25) is 0 Å². The zero-order chi connectivity index (χ0) is 16.3. The van der Waals surface area contributed by atoms with Gasteiger partial charge in [-0.15, -0.1) is 0 Å². The molecular weight excluding hydrogens is 288 g/mol. The third-order valence-corrected chi connectivity index (χ3v) is 3.61. The molecular formula is C15H30O5Si. The van der Waals surface area contributed by atoms with Crippen molar-refractivity contribution in [1.29, 1.82) is 0 Å². The van der Waals surface area contributed by atoms with Crippen LogP contribution >= 0.6 is 0 Å².